The van der Waals surface area contributed by atoms with Gasteiger partial charge in [-0.25, -0.2) is 4.79 Å². The van der Waals surface area contributed by atoms with Gasteiger partial charge in [-0.15, -0.1) is 0 Å². The number of alkyl carbamates (subject to hydrolysis) is 1. The van der Waals surface area contributed by atoms with Gasteiger partial charge >= 0.3 is 6.09 Å². The number of benzene rings is 1. The monoisotopic (exact) mass is 451 g/mol. The number of anilines is 2. The Kier molecular flexibility index (Phi) is 7.22. The van der Waals surface area contributed by atoms with Crippen LogP contribution >= 0.6 is 15.9 Å². The van der Waals surface area contributed by atoms with Gasteiger partial charge in [0, 0.05) is 13.0 Å². The zero-order chi connectivity index (χ0) is 20.7. The van der Waals surface area contributed by atoms with Gasteiger partial charge in [-0.05, 0) is 61.0 Å². The van der Waals surface area contributed by atoms with E-state index >= 15 is 0 Å². The van der Waals surface area contributed by atoms with Gasteiger partial charge in [0.25, 0.3) is 5.91 Å². The van der Waals surface area contributed by atoms with Gasteiger partial charge in [-0.2, -0.15) is 0 Å². The molecule has 0 aliphatic heterocycles. The Hall–Kier alpha value is -2.81. The molecular weight excluding hydrogens is 430 g/mol. The first-order valence-electron chi connectivity index (χ1n) is 8.56. The molecule has 0 aliphatic rings. The fourth-order valence-corrected chi connectivity index (χ4v) is 2.43. The Morgan fingerprint density at radius 1 is 1.04 bits per heavy atom. The first kappa shape index (κ1) is 21.5. The number of amides is 3. The van der Waals surface area contributed by atoms with Crippen molar-refractivity contribution in [2.24, 2.45) is 0 Å². The van der Waals surface area contributed by atoms with Crippen molar-refractivity contribution < 1.29 is 23.5 Å². The molecule has 0 spiro atoms. The number of carbonyl (C=O) groups is 3. The van der Waals surface area contributed by atoms with Crippen molar-refractivity contribution in [2.45, 2.75) is 32.8 Å². The van der Waals surface area contributed by atoms with Crippen LogP contribution in [0.5, 0.6) is 0 Å². The number of halogens is 1. The van der Waals surface area contributed by atoms with E-state index in [1.54, 1.807) is 51.1 Å². The Morgan fingerprint density at radius 3 is 2.25 bits per heavy atom. The Labute approximate surface area is 171 Å². The van der Waals surface area contributed by atoms with Crippen LogP contribution in [-0.4, -0.2) is 30.1 Å². The second-order valence-electron chi connectivity index (χ2n) is 6.83. The van der Waals surface area contributed by atoms with E-state index in [1.807, 2.05) is 0 Å². The van der Waals surface area contributed by atoms with E-state index in [1.165, 1.54) is 6.07 Å². The third kappa shape index (κ3) is 7.07. The summed E-state index contributed by atoms with van der Waals surface area (Å²) in [4.78, 5) is 36.0. The molecule has 28 heavy (non-hydrogen) atoms. The molecule has 1 aromatic heterocycles. The Morgan fingerprint density at radius 2 is 1.68 bits per heavy atom. The highest BCUT2D eigenvalue weighted by atomic mass is 79.9. The SMILES string of the molecule is CC(C)(C)OC(=O)NCCC(=O)Nc1ccccc1NC(=O)c1ccc(Br)o1. The molecule has 0 aliphatic carbocycles. The summed E-state index contributed by atoms with van der Waals surface area (Å²) in [7, 11) is 0. The molecule has 0 fully saturated rings. The quantitative estimate of drug-likeness (QED) is 0.610. The molecule has 1 aromatic carbocycles. The standard InChI is InChI=1S/C19H22BrN3O5/c1-19(2,3)28-18(26)21-11-10-16(24)22-12-6-4-5-7-13(12)23-17(25)14-8-9-15(20)27-14/h4-9H,10-11H2,1-3H3,(H,21,26)(H,22,24)(H,23,25). The van der Waals surface area contributed by atoms with Crippen molar-refractivity contribution in [2.75, 3.05) is 17.2 Å². The minimum absolute atomic E-state index is 0.0483. The van der Waals surface area contributed by atoms with Crippen LogP contribution in [0.1, 0.15) is 37.7 Å². The minimum Gasteiger partial charge on any atom is -0.444 e. The summed E-state index contributed by atoms with van der Waals surface area (Å²) in [5, 5.41) is 7.91. The van der Waals surface area contributed by atoms with Gasteiger partial charge in [0.05, 0.1) is 11.4 Å². The Balaban J connectivity index is 1.89. The van der Waals surface area contributed by atoms with E-state index in [2.05, 4.69) is 31.9 Å². The molecule has 2 rings (SSSR count). The van der Waals surface area contributed by atoms with Crippen molar-refractivity contribution in [1.82, 2.24) is 5.32 Å². The van der Waals surface area contributed by atoms with Crippen LogP contribution in [0.15, 0.2) is 45.5 Å². The fraction of sp³-hybridized carbons (Fsp3) is 0.316. The van der Waals surface area contributed by atoms with Crippen molar-refractivity contribution in [3.63, 3.8) is 0 Å². The van der Waals surface area contributed by atoms with E-state index in [0.717, 1.165) is 0 Å². The van der Waals surface area contributed by atoms with Crippen LogP contribution in [0.4, 0.5) is 16.2 Å². The number of carbonyl (C=O) groups excluding carboxylic acids is 3. The molecule has 0 radical (unpaired) electrons. The van der Waals surface area contributed by atoms with Gasteiger partial charge in [0.15, 0.2) is 10.4 Å². The summed E-state index contributed by atoms with van der Waals surface area (Å²) in [5.74, 6) is -0.632. The number of rotatable bonds is 6. The van der Waals surface area contributed by atoms with Gasteiger partial charge in [0.2, 0.25) is 5.91 Å². The van der Waals surface area contributed by atoms with Crippen LogP contribution < -0.4 is 16.0 Å². The van der Waals surface area contributed by atoms with Gasteiger partial charge in [-0.3, -0.25) is 9.59 Å². The second kappa shape index (κ2) is 9.41. The van der Waals surface area contributed by atoms with Crippen LogP contribution in [0.25, 0.3) is 0 Å². The number of para-hydroxylation sites is 2. The molecule has 8 nitrogen and oxygen atoms in total. The summed E-state index contributed by atoms with van der Waals surface area (Å²) >= 11 is 3.14. The van der Waals surface area contributed by atoms with E-state index in [4.69, 9.17) is 9.15 Å². The lowest BCUT2D eigenvalue weighted by Gasteiger charge is -2.19. The minimum atomic E-state index is -0.604. The molecule has 0 saturated heterocycles. The first-order valence-corrected chi connectivity index (χ1v) is 9.36. The normalized spacial score (nSPS) is 10.9. The number of furan rings is 1. The summed E-state index contributed by atoms with van der Waals surface area (Å²) in [6, 6.07) is 9.92. The van der Waals surface area contributed by atoms with Crippen LogP contribution in [-0.2, 0) is 9.53 Å². The van der Waals surface area contributed by atoms with E-state index in [-0.39, 0.29) is 24.6 Å². The summed E-state index contributed by atoms with van der Waals surface area (Å²) in [6.07, 6.45) is -0.537. The topological polar surface area (TPSA) is 110 Å². The van der Waals surface area contributed by atoms with Crippen molar-refractivity contribution in [3.05, 3.63) is 46.8 Å². The largest absolute Gasteiger partial charge is 0.444 e. The maximum absolute atomic E-state index is 12.2. The van der Waals surface area contributed by atoms with E-state index in [0.29, 0.717) is 16.0 Å². The highest BCUT2D eigenvalue weighted by Gasteiger charge is 2.16. The van der Waals surface area contributed by atoms with Crippen LogP contribution in [0.2, 0.25) is 0 Å². The average molecular weight is 452 g/mol. The third-order valence-corrected chi connectivity index (χ3v) is 3.69. The smallest absolute Gasteiger partial charge is 0.407 e. The highest BCUT2D eigenvalue weighted by Crippen LogP contribution is 2.23. The van der Waals surface area contributed by atoms with Crippen molar-refractivity contribution in [1.29, 1.82) is 0 Å². The molecule has 0 bridgehead atoms. The van der Waals surface area contributed by atoms with Crippen LogP contribution in [0, 0.1) is 0 Å². The number of nitrogens with one attached hydrogen (secondary N) is 3. The number of ether oxygens (including phenoxy) is 1. The molecule has 150 valence electrons. The molecule has 0 unspecified atom stereocenters. The molecule has 3 amide bonds. The van der Waals surface area contributed by atoms with Crippen LogP contribution in [0.3, 0.4) is 0 Å². The lowest BCUT2D eigenvalue weighted by Crippen LogP contribution is -2.34. The zero-order valence-electron chi connectivity index (χ0n) is 15.8. The number of hydrogen-bond donors (Lipinski definition) is 3. The summed E-state index contributed by atoms with van der Waals surface area (Å²) in [6.45, 7) is 5.39. The van der Waals surface area contributed by atoms with Crippen molar-refractivity contribution in [3.8, 4) is 0 Å². The number of hydrogen-bond acceptors (Lipinski definition) is 5. The second-order valence-corrected chi connectivity index (χ2v) is 7.61. The predicted molar refractivity (Wildman–Crippen MR) is 108 cm³/mol. The van der Waals surface area contributed by atoms with E-state index < -0.39 is 17.6 Å². The molecule has 2 aromatic rings. The molecule has 1 heterocycles. The Bertz CT molecular complexity index is 857. The average Bonchev–Trinajstić information content (AvgIpc) is 3.01. The lowest BCUT2D eigenvalue weighted by molar-refractivity contribution is -0.116. The summed E-state index contributed by atoms with van der Waals surface area (Å²) in [5.41, 5.74) is 0.254. The summed E-state index contributed by atoms with van der Waals surface area (Å²) < 4.78 is 10.8. The maximum Gasteiger partial charge on any atom is 0.407 e. The first-order chi connectivity index (χ1) is 13.1. The molecule has 9 heteroatoms. The molecular formula is C19H22BrN3O5. The highest BCUT2D eigenvalue weighted by molar-refractivity contribution is 9.10. The van der Waals surface area contributed by atoms with Gasteiger partial charge < -0.3 is 25.1 Å². The van der Waals surface area contributed by atoms with E-state index in [9.17, 15) is 14.4 Å². The van der Waals surface area contributed by atoms with Gasteiger partial charge in [-0.1, -0.05) is 12.1 Å². The van der Waals surface area contributed by atoms with Crippen molar-refractivity contribution >= 4 is 45.2 Å². The zero-order valence-corrected chi connectivity index (χ0v) is 17.4. The molecule has 3 N–H and O–H groups in total. The molecule has 0 atom stereocenters. The van der Waals surface area contributed by atoms with Gasteiger partial charge in [0.1, 0.15) is 5.60 Å². The maximum atomic E-state index is 12.2. The molecule has 0 saturated carbocycles. The predicted octanol–water partition coefficient (Wildman–Crippen LogP) is 4.15. The fourth-order valence-electron chi connectivity index (χ4n) is 2.13. The third-order valence-electron chi connectivity index (χ3n) is 3.27. The lowest BCUT2D eigenvalue weighted by atomic mass is 10.2.